The van der Waals surface area contributed by atoms with E-state index in [9.17, 15) is 5.11 Å². The number of aliphatic hydroxyl groups is 1. The van der Waals surface area contributed by atoms with E-state index in [0.29, 0.717) is 13.0 Å². The SMILES string of the molecule is O[C@H](C#CCOCc1ccccc1)C(Cl)(Cl)Cc1ccccc1. The molecule has 2 aromatic rings. The molecule has 0 aromatic heterocycles. The lowest BCUT2D eigenvalue weighted by molar-refractivity contribution is 0.152. The van der Waals surface area contributed by atoms with Crippen molar-refractivity contribution in [2.75, 3.05) is 6.61 Å². The molecule has 23 heavy (non-hydrogen) atoms. The Labute approximate surface area is 147 Å². The summed E-state index contributed by atoms with van der Waals surface area (Å²) in [6.45, 7) is 0.684. The first-order chi connectivity index (χ1) is 11.1. The predicted molar refractivity (Wildman–Crippen MR) is 94.5 cm³/mol. The molecule has 0 unspecified atom stereocenters. The van der Waals surface area contributed by atoms with Gasteiger partial charge in [0, 0.05) is 6.42 Å². The number of halogens is 2. The highest BCUT2D eigenvalue weighted by molar-refractivity contribution is 6.49. The maximum atomic E-state index is 10.1. The molecule has 1 atom stereocenters. The van der Waals surface area contributed by atoms with Crippen molar-refractivity contribution >= 4 is 23.2 Å². The van der Waals surface area contributed by atoms with Crippen molar-refractivity contribution in [1.82, 2.24) is 0 Å². The second-order valence-electron chi connectivity index (χ2n) is 5.13. The van der Waals surface area contributed by atoms with Crippen LogP contribution >= 0.6 is 23.2 Å². The fourth-order valence-electron chi connectivity index (χ4n) is 2.00. The summed E-state index contributed by atoms with van der Waals surface area (Å²) in [5.74, 6) is 5.40. The zero-order valence-corrected chi connectivity index (χ0v) is 14.1. The van der Waals surface area contributed by atoms with E-state index >= 15 is 0 Å². The lowest BCUT2D eigenvalue weighted by Gasteiger charge is -2.21. The molecular formula is C19H18Cl2O2. The second kappa shape index (κ2) is 8.96. The number of alkyl halides is 2. The second-order valence-corrected chi connectivity index (χ2v) is 6.67. The molecule has 2 aromatic carbocycles. The van der Waals surface area contributed by atoms with Crippen LogP contribution in [0.5, 0.6) is 0 Å². The lowest BCUT2D eigenvalue weighted by atomic mass is 10.1. The van der Waals surface area contributed by atoms with Gasteiger partial charge in [0.05, 0.1) is 6.61 Å². The van der Waals surface area contributed by atoms with Gasteiger partial charge in [-0.2, -0.15) is 0 Å². The third-order valence-electron chi connectivity index (χ3n) is 3.21. The van der Waals surface area contributed by atoms with Crippen LogP contribution in [0.1, 0.15) is 11.1 Å². The molecule has 0 heterocycles. The van der Waals surface area contributed by atoms with Crippen LogP contribution in [-0.2, 0) is 17.8 Å². The number of ether oxygens (including phenoxy) is 1. The minimum absolute atomic E-state index is 0.209. The van der Waals surface area contributed by atoms with Gasteiger partial charge in [-0.1, -0.05) is 95.7 Å². The molecule has 2 nitrogen and oxygen atoms in total. The van der Waals surface area contributed by atoms with E-state index in [1.165, 1.54) is 0 Å². The van der Waals surface area contributed by atoms with Gasteiger partial charge >= 0.3 is 0 Å². The molecule has 0 radical (unpaired) electrons. The molecule has 1 N–H and O–H groups in total. The van der Waals surface area contributed by atoms with E-state index < -0.39 is 10.4 Å². The first-order valence-corrected chi connectivity index (χ1v) is 8.03. The highest BCUT2D eigenvalue weighted by Gasteiger charge is 2.32. The zero-order valence-electron chi connectivity index (χ0n) is 12.6. The molecule has 0 amide bonds. The van der Waals surface area contributed by atoms with Crippen LogP contribution in [0.25, 0.3) is 0 Å². The summed E-state index contributed by atoms with van der Waals surface area (Å²) >= 11 is 12.4. The van der Waals surface area contributed by atoms with Crippen molar-refractivity contribution in [3.05, 3.63) is 71.8 Å². The van der Waals surface area contributed by atoms with Crippen molar-refractivity contribution in [3.63, 3.8) is 0 Å². The van der Waals surface area contributed by atoms with E-state index in [2.05, 4.69) is 11.8 Å². The van der Waals surface area contributed by atoms with Crippen molar-refractivity contribution < 1.29 is 9.84 Å². The summed E-state index contributed by atoms with van der Waals surface area (Å²) in [6, 6.07) is 19.3. The highest BCUT2D eigenvalue weighted by Crippen LogP contribution is 2.29. The topological polar surface area (TPSA) is 29.5 Å². The van der Waals surface area contributed by atoms with Crippen LogP contribution in [0.15, 0.2) is 60.7 Å². The maximum Gasteiger partial charge on any atom is 0.159 e. The largest absolute Gasteiger partial charge is 0.377 e. The molecule has 4 heteroatoms. The third-order valence-corrected chi connectivity index (χ3v) is 3.89. The minimum Gasteiger partial charge on any atom is -0.377 e. The molecule has 0 fully saturated rings. The molecule has 0 aliphatic rings. The van der Waals surface area contributed by atoms with Crippen LogP contribution in [0, 0.1) is 11.8 Å². The average Bonchev–Trinajstić information content (AvgIpc) is 2.56. The normalized spacial score (nSPS) is 12.3. The van der Waals surface area contributed by atoms with Crippen LogP contribution in [-0.4, -0.2) is 22.2 Å². The Hall–Kier alpha value is -1.50. The van der Waals surface area contributed by atoms with Gasteiger partial charge in [0.25, 0.3) is 0 Å². The highest BCUT2D eigenvalue weighted by atomic mass is 35.5. The van der Waals surface area contributed by atoms with Crippen LogP contribution < -0.4 is 0 Å². The summed E-state index contributed by atoms with van der Waals surface area (Å²) < 4.78 is 4.08. The predicted octanol–water partition coefficient (Wildman–Crippen LogP) is 3.98. The van der Waals surface area contributed by atoms with E-state index in [1.807, 2.05) is 60.7 Å². The van der Waals surface area contributed by atoms with Gasteiger partial charge in [-0.15, -0.1) is 0 Å². The monoisotopic (exact) mass is 348 g/mol. The van der Waals surface area contributed by atoms with E-state index in [4.69, 9.17) is 27.9 Å². The molecule has 120 valence electrons. The van der Waals surface area contributed by atoms with E-state index in [0.717, 1.165) is 11.1 Å². The van der Waals surface area contributed by atoms with Crippen LogP contribution in [0.2, 0.25) is 0 Å². The Bertz CT molecular complexity index is 645. The van der Waals surface area contributed by atoms with E-state index in [1.54, 1.807) is 0 Å². The number of rotatable bonds is 6. The van der Waals surface area contributed by atoms with Gasteiger partial charge in [-0.05, 0) is 11.1 Å². The molecular weight excluding hydrogens is 331 g/mol. The quantitative estimate of drug-likeness (QED) is 0.486. The minimum atomic E-state index is -1.35. The zero-order chi connectivity index (χ0) is 16.5. The standard InChI is InChI=1S/C19H18Cl2O2/c20-19(21,14-16-8-3-1-4-9-16)18(22)12-7-13-23-15-17-10-5-2-6-11-17/h1-6,8-11,18,22H,13-15H2/t18-/m1/s1. The molecule has 0 aliphatic heterocycles. The van der Waals surface area contributed by atoms with Gasteiger partial charge in [0.2, 0.25) is 0 Å². The van der Waals surface area contributed by atoms with Gasteiger partial charge in [0.1, 0.15) is 12.7 Å². The fraction of sp³-hybridized carbons (Fsp3) is 0.263. The van der Waals surface area contributed by atoms with Gasteiger partial charge in [-0.25, -0.2) is 0 Å². The lowest BCUT2D eigenvalue weighted by Crippen LogP contribution is -2.32. The third kappa shape index (κ3) is 6.25. The molecule has 0 bridgehead atoms. The first kappa shape index (κ1) is 17.8. The Morgan fingerprint density at radius 3 is 2.13 bits per heavy atom. The molecule has 2 rings (SSSR count). The van der Waals surface area contributed by atoms with Crippen LogP contribution in [0.4, 0.5) is 0 Å². The van der Waals surface area contributed by atoms with Gasteiger partial charge in [-0.3, -0.25) is 0 Å². The Morgan fingerprint density at radius 1 is 0.957 bits per heavy atom. The Kier molecular flexibility index (Phi) is 6.95. The molecule has 0 saturated carbocycles. The van der Waals surface area contributed by atoms with Crippen molar-refractivity contribution in [2.45, 2.75) is 23.5 Å². The summed E-state index contributed by atoms with van der Waals surface area (Å²) in [6.07, 6.45) is -0.830. The first-order valence-electron chi connectivity index (χ1n) is 7.28. The number of aliphatic hydroxyl groups excluding tert-OH is 1. The maximum absolute atomic E-state index is 10.1. The summed E-state index contributed by atoms with van der Waals surface area (Å²) in [5, 5.41) is 10.1. The Balaban J connectivity index is 1.80. The summed E-state index contributed by atoms with van der Waals surface area (Å²) in [5.41, 5.74) is 2.02. The van der Waals surface area contributed by atoms with Crippen molar-refractivity contribution in [2.24, 2.45) is 0 Å². The number of benzene rings is 2. The summed E-state index contributed by atoms with van der Waals surface area (Å²) in [4.78, 5) is 0. The Morgan fingerprint density at radius 2 is 1.52 bits per heavy atom. The van der Waals surface area contributed by atoms with Crippen molar-refractivity contribution in [3.8, 4) is 11.8 Å². The molecule has 0 saturated heterocycles. The van der Waals surface area contributed by atoms with E-state index in [-0.39, 0.29) is 6.61 Å². The summed E-state index contributed by atoms with van der Waals surface area (Å²) in [7, 11) is 0. The smallest absolute Gasteiger partial charge is 0.159 e. The number of hydrogen-bond donors (Lipinski definition) is 1. The van der Waals surface area contributed by atoms with Crippen molar-refractivity contribution in [1.29, 1.82) is 0 Å². The van der Waals surface area contributed by atoms with Crippen LogP contribution in [0.3, 0.4) is 0 Å². The fourth-order valence-corrected chi connectivity index (χ4v) is 2.42. The number of hydrogen-bond acceptors (Lipinski definition) is 2. The molecule has 0 aliphatic carbocycles. The van der Waals surface area contributed by atoms with Gasteiger partial charge in [0.15, 0.2) is 4.33 Å². The van der Waals surface area contributed by atoms with Gasteiger partial charge < -0.3 is 9.84 Å². The molecule has 0 spiro atoms. The average molecular weight is 349 g/mol.